The van der Waals surface area contributed by atoms with Gasteiger partial charge in [-0.15, -0.1) is 0 Å². The lowest BCUT2D eigenvalue weighted by molar-refractivity contribution is 0.591. The predicted molar refractivity (Wildman–Crippen MR) is 84.9 cm³/mol. The third kappa shape index (κ3) is 3.52. The van der Waals surface area contributed by atoms with E-state index in [-0.39, 0.29) is 11.1 Å². The van der Waals surface area contributed by atoms with Crippen molar-refractivity contribution in [1.29, 1.82) is 0 Å². The normalized spacial score (nSPS) is 12.4. The number of nitrogens with two attached hydrogens (primary N) is 1. The molecule has 0 fully saturated rings. The Kier molecular flexibility index (Phi) is 5.15. The number of hydrogen-bond acceptors (Lipinski definition) is 3. The van der Waals surface area contributed by atoms with Gasteiger partial charge in [0.1, 0.15) is 11.6 Å². The van der Waals surface area contributed by atoms with Gasteiger partial charge in [0.25, 0.3) is 0 Å². The molecular weight excluding hydrogens is 289 g/mol. The average molecular weight is 308 g/mol. The fourth-order valence-electron chi connectivity index (χ4n) is 2.33. The number of aryl methyl sites for hydroxylation is 1. The second kappa shape index (κ2) is 6.87. The van der Waals surface area contributed by atoms with Crippen molar-refractivity contribution in [2.45, 2.75) is 26.3 Å². The number of aromatic nitrogens is 1. The standard InChI is InChI=1S/C16H19ClFN3/c1-3-7-20-15(11-4-5-13(18)12(17)9-11)14-10(2)6-8-21-16(14)19/h4-6,8-9,15,20H,3,7H2,1-2H3,(H2,19,21). The number of pyridine rings is 1. The van der Waals surface area contributed by atoms with Gasteiger partial charge in [0.15, 0.2) is 0 Å². The van der Waals surface area contributed by atoms with Crippen LogP contribution in [0.5, 0.6) is 0 Å². The Bertz CT molecular complexity index is 611. The summed E-state index contributed by atoms with van der Waals surface area (Å²) in [5.41, 5.74) is 8.86. The van der Waals surface area contributed by atoms with E-state index in [1.807, 2.05) is 13.0 Å². The van der Waals surface area contributed by atoms with Crippen LogP contribution in [0, 0.1) is 12.7 Å². The van der Waals surface area contributed by atoms with Crippen molar-refractivity contribution in [2.75, 3.05) is 12.3 Å². The van der Waals surface area contributed by atoms with Crippen LogP contribution in [-0.2, 0) is 0 Å². The number of nitrogen functional groups attached to an aromatic ring is 1. The third-order valence-electron chi connectivity index (χ3n) is 3.40. The van der Waals surface area contributed by atoms with E-state index in [1.54, 1.807) is 18.3 Å². The zero-order valence-corrected chi connectivity index (χ0v) is 12.9. The van der Waals surface area contributed by atoms with Crippen LogP contribution in [0.1, 0.15) is 36.1 Å². The molecule has 1 aromatic heterocycles. The van der Waals surface area contributed by atoms with Gasteiger partial charge in [-0.2, -0.15) is 0 Å². The fourth-order valence-corrected chi connectivity index (χ4v) is 2.52. The SMILES string of the molecule is CCCNC(c1ccc(F)c(Cl)c1)c1c(C)ccnc1N. The van der Waals surface area contributed by atoms with Crippen molar-refractivity contribution in [3.05, 3.63) is 58.0 Å². The van der Waals surface area contributed by atoms with Crippen LogP contribution >= 0.6 is 11.6 Å². The van der Waals surface area contributed by atoms with E-state index < -0.39 is 5.82 Å². The van der Waals surface area contributed by atoms with Gasteiger partial charge in [-0.3, -0.25) is 0 Å². The first-order valence-electron chi connectivity index (χ1n) is 6.94. The Morgan fingerprint density at radius 1 is 1.38 bits per heavy atom. The molecule has 21 heavy (non-hydrogen) atoms. The topological polar surface area (TPSA) is 50.9 Å². The first kappa shape index (κ1) is 15.7. The first-order chi connectivity index (χ1) is 10.0. The van der Waals surface area contributed by atoms with Crippen LogP contribution in [-0.4, -0.2) is 11.5 Å². The van der Waals surface area contributed by atoms with Crippen LogP contribution in [0.3, 0.4) is 0 Å². The van der Waals surface area contributed by atoms with Crippen LogP contribution in [0.25, 0.3) is 0 Å². The van der Waals surface area contributed by atoms with Gasteiger partial charge in [-0.05, 0) is 49.2 Å². The van der Waals surface area contributed by atoms with E-state index in [4.69, 9.17) is 17.3 Å². The summed E-state index contributed by atoms with van der Waals surface area (Å²) >= 11 is 5.91. The molecule has 0 saturated heterocycles. The molecule has 2 rings (SSSR count). The van der Waals surface area contributed by atoms with E-state index in [1.165, 1.54) is 6.07 Å². The number of nitrogens with zero attached hydrogens (tertiary/aromatic N) is 1. The highest BCUT2D eigenvalue weighted by Gasteiger charge is 2.19. The molecule has 0 radical (unpaired) electrons. The summed E-state index contributed by atoms with van der Waals surface area (Å²) in [4.78, 5) is 4.17. The number of nitrogens with one attached hydrogen (secondary N) is 1. The Balaban J connectivity index is 2.49. The molecule has 1 unspecified atom stereocenters. The van der Waals surface area contributed by atoms with Gasteiger partial charge in [0.2, 0.25) is 0 Å². The predicted octanol–water partition coefficient (Wildman–Crippen LogP) is 3.85. The van der Waals surface area contributed by atoms with Crippen molar-refractivity contribution in [2.24, 2.45) is 0 Å². The van der Waals surface area contributed by atoms with Crippen LogP contribution in [0.15, 0.2) is 30.5 Å². The summed E-state index contributed by atoms with van der Waals surface area (Å²) in [6.45, 7) is 4.88. The molecule has 0 bridgehead atoms. The summed E-state index contributed by atoms with van der Waals surface area (Å²) in [7, 11) is 0. The van der Waals surface area contributed by atoms with E-state index in [0.29, 0.717) is 5.82 Å². The molecule has 3 nitrogen and oxygen atoms in total. The molecule has 2 aromatic rings. The zero-order valence-electron chi connectivity index (χ0n) is 12.2. The number of benzene rings is 1. The lowest BCUT2D eigenvalue weighted by atomic mass is 9.95. The van der Waals surface area contributed by atoms with Gasteiger partial charge >= 0.3 is 0 Å². The maximum Gasteiger partial charge on any atom is 0.141 e. The number of anilines is 1. The Labute approximate surface area is 129 Å². The highest BCUT2D eigenvalue weighted by molar-refractivity contribution is 6.30. The fraction of sp³-hybridized carbons (Fsp3) is 0.312. The molecule has 0 saturated carbocycles. The van der Waals surface area contributed by atoms with Crippen molar-refractivity contribution in [3.63, 3.8) is 0 Å². The second-order valence-electron chi connectivity index (χ2n) is 4.99. The maximum absolute atomic E-state index is 13.4. The van der Waals surface area contributed by atoms with Crippen molar-refractivity contribution in [3.8, 4) is 0 Å². The second-order valence-corrected chi connectivity index (χ2v) is 5.39. The lowest BCUT2D eigenvalue weighted by Crippen LogP contribution is -2.25. The molecule has 5 heteroatoms. The highest BCUT2D eigenvalue weighted by atomic mass is 35.5. The number of rotatable bonds is 5. The monoisotopic (exact) mass is 307 g/mol. The average Bonchev–Trinajstić information content (AvgIpc) is 2.45. The molecule has 112 valence electrons. The number of hydrogen-bond donors (Lipinski definition) is 2. The Hall–Kier alpha value is -1.65. The third-order valence-corrected chi connectivity index (χ3v) is 3.69. The summed E-state index contributed by atoms with van der Waals surface area (Å²) < 4.78 is 13.4. The van der Waals surface area contributed by atoms with Crippen molar-refractivity contribution >= 4 is 17.4 Å². The van der Waals surface area contributed by atoms with Crippen LogP contribution in [0.2, 0.25) is 5.02 Å². The smallest absolute Gasteiger partial charge is 0.141 e. The molecule has 1 atom stereocenters. The summed E-state index contributed by atoms with van der Waals surface area (Å²) in [6, 6.07) is 6.49. The van der Waals surface area contributed by atoms with Crippen molar-refractivity contribution < 1.29 is 4.39 Å². The molecule has 1 aromatic carbocycles. The Morgan fingerprint density at radius 2 is 2.14 bits per heavy atom. The zero-order chi connectivity index (χ0) is 15.4. The van der Waals surface area contributed by atoms with Gasteiger partial charge in [0, 0.05) is 11.8 Å². The first-order valence-corrected chi connectivity index (χ1v) is 7.31. The molecule has 1 heterocycles. The summed E-state index contributed by atoms with van der Waals surface area (Å²) in [5.74, 6) is 0.0505. The molecule has 0 spiro atoms. The van der Waals surface area contributed by atoms with E-state index in [0.717, 1.165) is 29.7 Å². The molecule has 0 aliphatic rings. The number of halogens is 2. The van der Waals surface area contributed by atoms with E-state index in [2.05, 4.69) is 17.2 Å². The molecule has 0 amide bonds. The lowest BCUT2D eigenvalue weighted by Gasteiger charge is -2.22. The minimum absolute atomic E-state index is 0.107. The minimum Gasteiger partial charge on any atom is -0.383 e. The molecular formula is C16H19ClFN3. The van der Waals surface area contributed by atoms with Gasteiger partial charge in [-0.1, -0.05) is 24.6 Å². The van der Waals surface area contributed by atoms with E-state index in [9.17, 15) is 4.39 Å². The van der Waals surface area contributed by atoms with Crippen molar-refractivity contribution in [1.82, 2.24) is 10.3 Å². The maximum atomic E-state index is 13.4. The van der Waals surface area contributed by atoms with Crippen LogP contribution < -0.4 is 11.1 Å². The van der Waals surface area contributed by atoms with Gasteiger partial charge in [0.05, 0.1) is 11.1 Å². The molecule has 0 aliphatic carbocycles. The summed E-state index contributed by atoms with van der Waals surface area (Å²) in [5, 5.41) is 3.54. The quantitative estimate of drug-likeness (QED) is 0.882. The van der Waals surface area contributed by atoms with Gasteiger partial charge < -0.3 is 11.1 Å². The Morgan fingerprint density at radius 3 is 2.76 bits per heavy atom. The van der Waals surface area contributed by atoms with Gasteiger partial charge in [-0.25, -0.2) is 9.37 Å². The molecule has 0 aliphatic heterocycles. The largest absolute Gasteiger partial charge is 0.383 e. The summed E-state index contributed by atoms with van der Waals surface area (Å²) in [6.07, 6.45) is 2.66. The van der Waals surface area contributed by atoms with E-state index >= 15 is 0 Å². The minimum atomic E-state index is -0.425. The molecule has 3 N–H and O–H groups in total. The highest BCUT2D eigenvalue weighted by Crippen LogP contribution is 2.30. The van der Waals surface area contributed by atoms with Crippen LogP contribution in [0.4, 0.5) is 10.2 Å².